The van der Waals surface area contributed by atoms with Crippen LogP contribution in [0.25, 0.3) is 0 Å². The smallest absolute Gasteiger partial charge is 0.243 e. The first-order valence-electron chi connectivity index (χ1n) is 9.57. The number of carbonyl (C=O) groups is 3. The Kier molecular flexibility index (Phi) is 7.80. The Morgan fingerprint density at radius 1 is 1.03 bits per heavy atom. The molecule has 1 atom stereocenters. The summed E-state index contributed by atoms with van der Waals surface area (Å²) in [7, 11) is 1.52. The predicted octanol–water partition coefficient (Wildman–Crippen LogP) is 2.83. The van der Waals surface area contributed by atoms with Crippen LogP contribution in [0.1, 0.15) is 25.0 Å². The number of hydrogen-bond acceptors (Lipinski definition) is 5. The Balaban J connectivity index is 1.96. The van der Waals surface area contributed by atoms with Crippen molar-refractivity contribution in [2.75, 3.05) is 29.6 Å². The summed E-state index contributed by atoms with van der Waals surface area (Å²) in [6.07, 6.45) is 0. The number of benzene rings is 2. The lowest BCUT2D eigenvalue weighted by Gasteiger charge is -2.18. The lowest BCUT2D eigenvalue weighted by atomic mass is 10.1. The van der Waals surface area contributed by atoms with Gasteiger partial charge in [-0.3, -0.25) is 14.4 Å². The van der Waals surface area contributed by atoms with Crippen LogP contribution in [0.5, 0.6) is 5.75 Å². The first kappa shape index (κ1) is 22.7. The molecule has 0 aliphatic heterocycles. The molecular weight excluding hydrogens is 384 g/mol. The fourth-order valence-corrected chi connectivity index (χ4v) is 2.92. The molecule has 0 aliphatic carbocycles. The average molecular weight is 412 g/mol. The van der Waals surface area contributed by atoms with Crippen molar-refractivity contribution in [3.8, 4) is 5.75 Å². The Bertz CT molecular complexity index is 922. The highest BCUT2D eigenvalue weighted by Gasteiger charge is 2.17. The zero-order valence-electron chi connectivity index (χ0n) is 17.9. The van der Waals surface area contributed by atoms with Gasteiger partial charge in [-0.05, 0) is 50.1 Å². The normalized spacial score (nSPS) is 11.2. The van der Waals surface area contributed by atoms with E-state index < -0.39 is 6.04 Å². The molecule has 0 saturated carbocycles. The van der Waals surface area contributed by atoms with Crippen LogP contribution in [-0.4, -0.2) is 37.4 Å². The molecule has 0 radical (unpaired) electrons. The van der Waals surface area contributed by atoms with Crippen molar-refractivity contribution in [2.24, 2.45) is 0 Å². The van der Waals surface area contributed by atoms with Crippen LogP contribution < -0.4 is 26.0 Å². The fraction of sp³-hybridized carbons (Fsp3) is 0.318. The first-order valence-corrected chi connectivity index (χ1v) is 9.57. The minimum absolute atomic E-state index is 0.151. The molecule has 2 rings (SSSR count). The highest BCUT2D eigenvalue weighted by molar-refractivity contribution is 5.97. The molecule has 0 unspecified atom stereocenters. The number of anilines is 3. The van der Waals surface area contributed by atoms with Gasteiger partial charge in [0.1, 0.15) is 11.8 Å². The average Bonchev–Trinajstić information content (AvgIpc) is 2.68. The Hall–Kier alpha value is -3.55. The van der Waals surface area contributed by atoms with E-state index in [0.717, 1.165) is 16.8 Å². The van der Waals surface area contributed by atoms with Crippen LogP contribution >= 0.6 is 0 Å². The van der Waals surface area contributed by atoms with Gasteiger partial charge in [0.05, 0.1) is 19.3 Å². The van der Waals surface area contributed by atoms with Gasteiger partial charge in [-0.15, -0.1) is 0 Å². The maximum absolute atomic E-state index is 12.4. The summed E-state index contributed by atoms with van der Waals surface area (Å²) in [5.74, 6) is -0.333. The van der Waals surface area contributed by atoms with Gasteiger partial charge in [-0.25, -0.2) is 0 Å². The summed E-state index contributed by atoms with van der Waals surface area (Å²) < 4.78 is 5.30. The Morgan fingerprint density at radius 2 is 1.70 bits per heavy atom. The fourth-order valence-electron chi connectivity index (χ4n) is 2.92. The maximum atomic E-state index is 12.4. The number of hydrogen-bond donors (Lipinski definition) is 4. The molecule has 160 valence electrons. The molecule has 0 aliphatic rings. The number of para-hydroxylation sites is 1. The molecule has 8 nitrogen and oxygen atoms in total. The van der Waals surface area contributed by atoms with Crippen molar-refractivity contribution in [1.29, 1.82) is 0 Å². The number of aryl methyl sites for hydroxylation is 2. The Morgan fingerprint density at radius 3 is 2.30 bits per heavy atom. The second kappa shape index (κ2) is 10.3. The third-order valence-electron chi connectivity index (χ3n) is 4.45. The molecule has 2 aromatic carbocycles. The minimum Gasteiger partial charge on any atom is -0.495 e. The second-order valence-corrected chi connectivity index (χ2v) is 7.00. The van der Waals surface area contributed by atoms with Crippen molar-refractivity contribution in [3.63, 3.8) is 0 Å². The summed E-state index contributed by atoms with van der Waals surface area (Å²) >= 11 is 0. The van der Waals surface area contributed by atoms with Crippen LogP contribution in [0.3, 0.4) is 0 Å². The van der Waals surface area contributed by atoms with Gasteiger partial charge in [0.15, 0.2) is 0 Å². The molecule has 4 N–H and O–H groups in total. The standard InChI is InChI=1S/C22H28N4O4/c1-13-7-6-8-14(2)21(13)26-20(28)12-23-22(29)15(3)24-18-11-17(25-16(4)27)9-10-19(18)30-5/h6-11,15,24H,12H2,1-5H3,(H,23,29)(H,25,27)(H,26,28)/t15-/m1/s1. The maximum Gasteiger partial charge on any atom is 0.243 e. The number of carbonyl (C=O) groups excluding carboxylic acids is 3. The van der Waals surface area contributed by atoms with E-state index in [4.69, 9.17) is 4.74 Å². The van der Waals surface area contributed by atoms with E-state index in [0.29, 0.717) is 17.1 Å². The highest BCUT2D eigenvalue weighted by atomic mass is 16.5. The van der Waals surface area contributed by atoms with Gasteiger partial charge >= 0.3 is 0 Å². The van der Waals surface area contributed by atoms with Crippen LogP contribution in [-0.2, 0) is 14.4 Å². The van der Waals surface area contributed by atoms with Gasteiger partial charge in [0, 0.05) is 18.3 Å². The molecule has 8 heteroatoms. The Labute approximate surface area is 176 Å². The third-order valence-corrected chi connectivity index (χ3v) is 4.45. The van der Waals surface area contributed by atoms with Gasteiger partial charge < -0.3 is 26.0 Å². The van der Waals surface area contributed by atoms with Crippen molar-refractivity contribution < 1.29 is 19.1 Å². The van der Waals surface area contributed by atoms with Crippen LogP contribution in [0, 0.1) is 13.8 Å². The summed E-state index contributed by atoms with van der Waals surface area (Å²) in [6, 6.07) is 10.2. The van der Waals surface area contributed by atoms with Crippen LogP contribution in [0.4, 0.5) is 17.1 Å². The van der Waals surface area contributed by atoms with E-state index in [1.807, 2.05) is 32.0 Å². The molecule has 0 heterocycles. The number of ether oxygens (including phenoxy) is 1. The largest absolute Gasteiger partial charge is 0.495 e. The van der Waals surface area contributed by atoms with Crippen LogP contribution in [0.15, 0.2) is 36.4 Å². The van der Waals surface area contributed by atoms with Gasteiger partial charge in [0.2, 0.25) is 17.7 Å². The van der Waals surface area contributed by atoms with Crippen molar-refractivity contribution >= 4 is 34.8 Å². The zero-order chi connectivity index (χ0) is 22.3. The van der Waals surface area contributed by atoms with E-state index in [1.165, 1.54) is 14.0 Å². The lowest BCUT2D eigenvalue weighted by Crippen LogP contribution is -2.41. The predicted molar refractivity (Wildman–Crippen MR) is 118 cm³/mol. The van der Waals surface area contributed by atoms with Gasteiger partial charge in [-0.2, -0.15) is 0 Å². The summed E-state index contributed by atoms with van der Waals surface area (Å²) in [5.41, 5.74) is 3.78. The SMILES string of the molecule is COc1ccc(NC(C)=O)cc1N[C@H](C)C(=O)NCC(=O)Nc1c(C)cccc1C. The third kappa shape index (κ3) is 6.23. The van der Waals surface area contributed by atoms with E-state index in [-0.39, 0.29) is 24.3 Å². The molecule has 0 spiro atoms. The van der Waals surface area contributed by atoms with Crippen LogP contribution in [0.2, 0.25) is 0 Å². The minimum atomic E-state index is -0.639. The summed E-state index contributed by atoms with van der Waals surface area (Å²) in [4.78, 5) is 35.9. The lowest BCUT2D eigenvalue weighted by molar-refractivity contribution is -0.124. The summed E-state index contributed by atoms with van der Waals surface area (Å²) in [5, 5.41) is 11.2. The number of nitrogens with one attached hydrogen (secondary N) is 4. The molecular formula is C22H28N4O4. The number of amides is 3. The monoisotopic (exact) mass is 412 g/mol. The van der Waals surface area contributed by atoms with Crippen molar-refractivity contribution in [2.45, 2.75) is 33.7 Å². The van der Waals surface area contributed by atoms with E-state index in [1.54, 1.807) is 25.1 Å². The van der Waals surface area contributed by atoms with Gasteiger partial charge in [0.25, 0.3) is 0 Å². The van der Waals surface area contributed by atoms with Gasteiger partial charge in [-0.1, -0.05) is 18.2 Å². The first-order chi connectivity index (χ1) is 14.2. The highest BCUT2D eigenvalue weighted by Crippen LogP contribution is 2.28. The van der Waals surface area contributed by atoms with Crippen molar-refractivity contribution in [3.05, 3.63) is 47.5 Å². The topological polar surface area (TPSA) is 109 Å². The molecule has 3 amide bonds. The summed E-state index contributed by atoms with van der Waals surface area (Å²) in [6.45, 7) is 6.76. The number of rotatable bonds is 8. The van der Waals surface area contributed by atoms with E-state index >= 15 is 0 Å². The van der Waals surface area contributed by atoms with E-state index in [9.17, 15) is 14.4 Å². The molecule has 2 aromatic rings. The van der Waals surface area contributed by atoms with Crippen molar-refractivity contribution in [1.82, 2.24) is 5.32 Å². The second-order valence-electron chi connectivity index (χ2n) is 7.00. The molecule has 30 heavy (non-hydrogen) atoms. The number of methoxy groups -OCH3 is 1. The molecule has 0 aromatic heterocycles. The van der Waals surface area contributed by atoms with E-state index in [2.05, 4.69) is 21.3 Å². The zero-order valence-corrected chi connectivity index (χ0v) is 17.9. The quantitative estimate of drug-likeness (QED) is 0.533. The molecule has 0 fully saturated rings. The molecule has 0 saturated heterocycles. The molecule has 0 bridgehead atoms.